The Morgan fingerprint density at radius 2 is 1.77 bits per heavy atom. The Balaban J connectivity index is 1.54. The molecule has 0 radical (unpaired) electrons. The molecule has 5 nitrogen and oxygen atoms in total. The number of ether oxygens (including phenoxy) is 3. The Labute approximate surface area is 183 Å². The van der Waals surface area contributed by atoms with Crippen molar-refractivity contribution in [3.05, 3.63) is 83.6 Å². The van der Waals surface area contributed by atoms with Gasteiger partial charge < -0.3 is 14.2 Å². The van der Waals surface area contributed by atoms with Gasteiger partial charge >= 0.3 is 5.97 Å². The van der Waals surface area contributed by atoms with Crippen LogP contribution in [0.25, 0.3) is 5.76 Å². The minimum atomic E-state index is -0.598. The smallest absolute Gasteiger partial charge is 0.338 e. The summed E-state index contributed by atoms with van der Waals surface area (Å²) >= 11 is 0. The van der Waals surface area contributed by atoms with Crippen molar-refractivity contribution < 1.29 is 19.0 Å². The minimum Gasteiger partial charge on any atom is -0.462 e. The van der Waals surface area contributed by atoms with Crippen molar-refractivity contribution in [1.29, 1.82) is 0 Å². The van der Waals surface area contributed by atoms with Gasteiger partial charge in [0.1, 0.15) is 11.5 Å². The molecule has 2 aromatic carbocycles. The average molecular weight is 418 g/mol. The highest BCUT2D eigenvalue weighted by Gasteiger charge is 2.40. The lowest BCUT2D eigenvalue weighted by molar-refractivity contribution is -0.196. The van der Waals surface area contributed by atoms with Crippen LogP contribution in [0, 0.1) is 0 Å². The second kappa shape index (κ2) is 9.65. The highest BCUT2D eigenvalue weighted by atomic mass is 16.7. The molecule has 2 aromatic rings. The fraction of sp³-hybridized carbons (Fsp3) is 0.308. The second-order valence-corrected chi connectivity index (χ2v) is 7.66. The van der Waals surface area contributed by atoms with Crippen LogP contribution in [0.1, 0.15) is 54.9 Å². The summed E-state index contributed by atoms with van der Waals surface area (Å²) in [6.07, 6.45) is 10.7. The number of hydrogen-bond acceptors (Lipinski definition) is 5. The first-order valence-corrected chi connectivity index (χ1v) is 10.8. The van der Waals surface area contributed by atoms with E-state index < -0.39 is 5.79 Å². The van der Waals surface area contributed by atoms with Gasteiger partial charge in [0.05, 0.1) is 17.9 Å². The number of carbonyl (C=O) groups is 1. The predicted octanol–water partition coefficient (Wildman–Crippen LogP) is 6.20. The van der Waals surface area contributed by atoms with Crippen LogP contribution >= 0.6 is 0 Å². The van der Waals surface area contributed by atoms with Gasteiger partial charge in [-0.2, -0.15) is 0 Å². The third-order valence-electron chi connectivity index (χ3n) is 5.39. The van der Waals surface area contributed by atoms with Gasteiger partial charge in [-0.05, 0) is 50.1 Å². The number of hydrogen-bond donors (Lipinski definition) is 0. The highest BCUT2D eigenvalue weighted by Crippen LogP contribution is 2.41. The van der Waals surface area contributed by atoms with Crippen molar-refractivity contribution >= 4 is 23.6 Å². The summed E-state index contributed by atoms with van der Waals surface area (Å²) in [6.45, 7) is 2.15. The van der Waals surface area contributed by atoms with E-state index in [1.807, 2.05) is 42.5 Å². The van der Waals surface area contributed by atoms with Gasteiger partial charge in [-0.3, -0.25) is 4.99 Å². The number of nitrogens with zero attached hydrogens (tertiary/aromatic N) is 1. The van der Waals surface area contributed by atoms with Crippen LogP contribution in [0.4, 0.5) is 5.69 Å². The van der Waals surface area contributed by atoms with Gasteiger partial charge in [-0.25, -0.2) is 4.79 Å². The van der Waals surface area contributed by atoms with E-state index in [1.54, 1.807) is 37.4 Å². The highest BCUT2D eigenvalue weighted by molar-refractivity contribution is 5.89. The standard InChI is InChI=1S/C26H27NO4/c1-2-29-25(28)21-11-13-22(14-12-21)27-18-15-23-19-24(20-9-5-3-6-10-20)31-26(30-23)16-7-4-8-17-26/h3,5-6,9-15,18-19H,2,4,7-8,16-17H2,1H3/b23-15-,27-18?. The predicted molar refractivity (Wildman–Crippen MR) is 121 cm³/mol. The first kappa shape index (κ1) is 20.9. The molecule has 1 heterocycles. The van der Waals surface area contributed by atoms with Crippen molar-refractivity contribution in [3.8, 4) is 0 Å². The maximum atomic E-state index is 11.8. The van der Waals surface area contributed by atoms with Crippen molar-refractivity contribution in [2.75, 3.05) is 6.61 Å². The molecule has 1 fully saturated rings. The SMILES string of the molecule is CCOC(=O)c1ccc(N=C/C=C2/C=C(c3ccccc3)OC3(CCCCC3)O2)cc1. The number of rotatable bonds is 5. The van der Waals surface area contributed by atoms with Crippen molar-refractivity contribution in [1.82, 2.24) is 0 Å². The average Bonchev–Trinajstić information content (AvgIpc) is 2.80. The zero-order valence-corrected chi connectivity index (χ0v) is 17.8. The van der Waals surface area contributed by atoms with Crippen LogP contribution in [-0.4, -0.2) is 24.6 Å². The van der Waals surface area contributed by atoms with Crippen molar-refractivity contribution in [3.63, 3.8) is 0 Å². The molecular weight excluding hydrogens is 390 g/mol. The molecule has 5 heteroatoms. The monoisotopic (exact) mass is 417 g/mol. The topological polar surface area (TPSA) is 57.1 Å². The van der Waals surface area contributed by atoms with E-state index in [2.05, 4.69) is 4.99 Å². The third kappa shape index (κ3) is 5.23. The summed E-state index contributed by atoms with van der Waals surface area (Å²) in [5.74, 6) is 0.636. The van der Waals surface area contributed by atoms with Crippen molar-refractivity contribution in [2.45, 2.75) is 44.8 Å². The zero-order valence-electron chi connectivity index (χ0n) is 17.8. The summed E-state index contributed by atoms with van der Waals surface area (Å²) in [4.78, 5) is 16.2. The fourth-order valence-corrected chi connectivity index (χ4v) is 3.84. The Bertz CT molecular complexity index is 984. The maximum Gasteiger partial charge on any atom is 0.338 e. The molecule has 0 saturated heterocycles. The summed E-state index contributed by atoms with van der Waals surface area (Å²) in [6, 6.07) is 17.1. The first-order chi connectivity index (χ1) is 15.2. The van der Waals surface area contributed by atoms with Gasteiger partial charge in [0.2, 0.25) is 0 Å². The van der Waals surface area contributed by atoms with Gasteiger partial charge in [0, 0.05) is 30.7 Å². The Morgan fingerprint density at radius 1 is 1.03 bits per heavy atom. The van der Waals surface area contributed by atoms with E-state index in [0.29, 0.717) is 12.2 Å². The summed E-state index contributed by atoms with van der Waals surface area (Å²) < 4.78 is 17.7. The summed E-state index contributed by atoms with van der Waals surface area (Å²) in [7, 11) is 0. The molecule has 1 aliphatic carbocycles. The van der Waals surface area contributed by atoms with Gasteiger partial charge in [-0.15, -0.1) is 0 Å². The van der Waals surface area contributed by atoms with Crippen LogP contribution in [0.5, 0.6) is 0 Å². The van der Waals surface area contributed by atoms with E-state index >= 15 is 0 Å². The Kier molecular flexibility index (Phi) is 6.51. The van der Waals surface area contributed by atoms with Gasteiger partial charge in [0.15, 0.2) is 0 Å². The normalized spacial score (nSPS) is 19.0. The lowest BCUT2D eigenvalue weighted by Gasteiger charge is -2.41. The van der Waals surface area contributed by atoms with E-state index in [4.69, 9.17) is 14.2 Å². The molecule has 1 saturated carbocycles. The summed E-state index contributed by atoms with van der Waals surface area (Å²) in [5.41, 5.74) is 2.30. The molecule has 31 heavy (non-hydrogen) atoms. The molecule has 0 unspecified atom stereocenters. The molecule has 0 amide bonds. The second-order valence-electron chi connectivity index (χ2n) is 7.66. The number of esters is 1. The van der Waals surface area contributed by atoms with E-state index in [0.717, 1.165) is 48.5 Å². The molecule has 0 aromatic heterocycles. The minimum absolute atomic E-state index is 0.327. The molecule has 4 rings (SSSR count). The number of benzene rings is 2. The number of carbonyl (C=O) groups excluding carboxylic acids is 1. The Hall–Kier alpha value is -3.34. The van der Waals surface area contributed by atoms with E-state index in [9.17, 15) is 4.79 Å². The zero-order chi connectivity index (χ0) is 21.5. The van der Waals surface area contributed by atoms with E-state index in [1.165, 1.54) is 6.42 Å². The molecule has 0 bridgehead atoms. The van der Waals surface area contributed by atoms with E-state index in [-0.39, 0.29) is 5.97 Å². The fourth-order valence-electron chi connectivity index (χ4n) is 3.84. The number of allylic oxidation sites excluding steroid dienone is 2. The largest absolute Gasteiger partial charge is 0.462 e. The maximum absolute atomic E-state index is 11.8. The molecule has 160 valence electrons. The quantitative estimate of drug-likeness (QED) is 0.429. The molecule has 1 aliphatic heterocycles. The van der Waals surface area contributed by atoms with Crippen LogP contribution in [0.15, 0.2) is 77.5 Å². The van der Waals surface area contributed by atoms with Crippen LogP contribution in [-0.2, 0) is 14.2 Å². The lowest BCUT2D eigenvalue weighted by Crippen LogP contribution is -2.39. The lowest BCUT2D eigenvalue weighted by atomic mass is 9.93. The van der Waals surface area contributed by atoms with Gasteiger partial charge in [-0.1, -0.05) is 36.8 Å². The molecule has 0 N–H and O–H groups in total. The molecular formula is C26H27NO4. The molecule has 2 aliphatic rings. The first-order valence-electron chi connectivity index (χ1n) is 10.8. The van der Waals surface area contributed by atoms with Crippen LogP contribution in [0.2, 0.25) is 0 Å². The van der Waals surface area contributed by atoms with Gasteiger partial charge in [0.25, 0.3) is 5.79 Å². The third-order valence-corrected chi connectivity index (χ3v) is 5.39. The van der Waals surface area contributed by atoms with Crippen molar-refractivity contribution in [2.24, 2.45) is 4.99 Å². The number of aliphatic imine (C=N–C) groups is 1. The Morgan fingerprint density at radius 3 is 2.48 bits per heavy atom. The summed E-state index contributed by atoms with van der Waals surface area (Å²) in [5, 5.41) is 0. The molecule has 0 atom stereocenters. The molecule has 1 spiro atoms. The van der Waals surface area contributed by atoms with Crippen LogP contribution in [0.3, 0.4) is 0 Å². The van der Waals surface area contributed by atoms with Crippen LogP contribution < -0.4 is 0 Å².